The van der Waals surface area contributed by atoms with E-state index in [1.165, 1.54) is 12.3 Å². The van der Waals surface area contributed by atoms with E-state index in [9.17, 15) is 9.65 Å². The third-order valence-electron chi connectivity index (χ3n) is 8.35. The van der Waals surface area contributed by atoms with Crippen LogP contribution in [0.15, 0.2) is 24.5 Å². The fourth-order valence-corrected chi connectivity index (χ4v) is 6.77. The van der Waals surface area contributed by atoms with E-state index in [4.69, 9.17) is 28.1 Å². The van der Waals surface area contributed by atoms with Gasteiger partial charge in [0.1, 0.15) is 39.9 Å². The standard InChI is InChI=1S/C30H28ClF3N10S/c1-13(23-26(36)39-6-5-38-23)10-40-28-14-7-16(31)20(21-17(32)8-18(33)25-19(21)15(9-35)27(37)45-25)22(34)24(14)41-29(42-28)44-11-30(2,12-44)43(3)4/h5-8,13H,10-12,37H2,1-4H3,(H2,36,39)(H,40,41,42)/t13-/m1/s1. The Labute approximate surface area is 265 Å². The van der Waals surface area contributed by atoms with Gasteiger partial charge < -0.3 is 26.6 Å². The average Bonchev–Trinajstić information content (AvgIpc) is 3.32. The maximum atomic E-state index is 16.8. The van der Waals surface area contributed by atoms with Crippen molar-refractivity contribution in [1.82, 2.24) is 24.8 Å². The summed E-state index contributed by atoms with van der Waals surface area (Å²) in [5.41, 5.74) is 11.4. The summed E-state index contributed by atoms with van der Waals surface area (Å²) in [5.74, 6) is -2.34. The molecule has 0 unspecified atom stereocenters. The molecular weight excluding hydrogens is 625 g/mol. The number of anilines is 4. The molecule has 232 valence electrons. The fraction of sp³-hybridized carbons (Fsp3) is 0.300. The van der Waals surface area contributed by atoms with Crippen molar-refractivity contribution in [2.24, 2.45) is 0 Å². The first-order chi connectivity index (χ1) is 21.3. The maximum Gasteiger partial charge on any atom is 0.228 e. The molecule has 15 heteroatoms. The lowest BCUT2D eigenvalue weighted by Crippen LogP contribution is -2.67. The third kappa shape index (κ3) is 5.01. The first-order valence-electron chi connectivity index (χ1n) is 13.9. The van der Waals surface area contributed by atoms with Gasteiger partial charge in [-0.2, -0.15) is 10.2 Å². The number of fused-ring (bicyclic) bond motifs is 2. The number of benzene rings is 2. The lowest BCUT2D eigenvalue weighted by atomic mass is 9.91. The van der Waals surface area contributed by atoms with Crippen molar-refractivity contribution < 1.29 is 13.2 Å². The molecule has 5 N–H and O–H groups in total. The molecule has 0 spiro atoms. The van der Waals surface area contributed by atoms with Gasteiger partial charge in [-0.05, 0) is 27.1 Å². The quantitative estimate of drug-likeness (QED) is 0.198. The third-order valence-corrected chi connectivity index (χ3v) is 9.68. The molecule has 10 nitrogen and oxygen atoms in total. The predicted molar refractivity (Wildman–Crippen MR) is 172 cm³/mol. The molecule has 1 aliphatic heterocycles. The maximum absolute atomic E-state index is 16.8. The molecule has 0 radical (unpaired) electrons. The van der Waals surface area contributed by atoms with Crippen LogP contribution in [0.4, 0.5) is 35.8 Å². The SMILES string of the molecule is C[C@H](CNc1nc(N2CC(C)(N(C)C)C2)nc2c(F)c(-c3c(F)cc(F)c4sc(N)c(C#N)c34)c(Cl)cc12)c1nccnc1N. The summed E-state index contributed by atoms with van der Waals surface area (Å²) < 4.78 is 47.1. The van der Waals surface area contributed by atoms with Crippen LogP contribution in [-0.4, -0.2) is 64.1 Å². The number of nitrogens with zero attached hydrogens (tertiary/aromatic N) is 7. The first kappa shape index (κ1) is 30.6. The number of likely N-dealkylation sites (N-methyl/N-ethyl adjacent to an activating group) is 1. The van der Waals surface area contributed by atoms with Crippen LogP contribution in [0.5, 0.6) is 0 Å². The number of aromatic nitrogens is 4. The summed E-state index contributed by atoms with van der Waals surface area (Å²) in [6.07, 6.45) is 3.05. The number of nitrogens with two attached hydrogens (primary N) is 2. The van der Waals surface area contributed by atoms with E-state index in [-0.39, 0.29) is 70.9 Å². The fourth-order valence-electron chi connectivity index (χ4n) is 5.55. The largest absolute Gasteiger partial charge is 0.389 e. The zero-order valence-corrected chi connectivity index (χ0v) is 26.3. The highest BCUT2D eigenvalue weighted by molar-refractivity contribution is 7.23. The monoisotopic (exact) mass is 652 g/mol. The Morgan fingerprint density at radius 2 is 1.84 bits per heavy atom. The zero-order valence-electron chi connectivity index (χ0n) is 24.7. The van der Waals surface area contributed by atoms with Gasteiger partial charge >= 0.3 is 0 Å². The van der Waals surface area contributed by atoms with Gasteiger partial charge in [-0.15, -0.1) is 11.3 Å². The molecule has 4 heterocycles. The van der Waals surface area contributed by atoms with Crippen LogP contribution in [0, 0.1) is 28.8 Å². The number of nitrogens with one attached hydrogen (secondary N) is 1. The van der Waals surface area contributed by atoms with Crippen molar-refractivity contribution in [1.29, 1.82) is 5.26 Å². The first-order valence-corrected chi connectivity index (χ1v) is 15.1. The molecule has 0 amide bonds. The Morgan fingerprint density at radius 1 is 1.13 bits per heavy atom. The number of nitriles is 1. The van der Waals surface area contributed by atoms with Crippen LogP contribution in [-0.2, 0) is 0 Å². The number of thiophene rings is 1. The minimum Gasteiger partial charge on any atom is -0.389 e. The number of hydrogen-bond acceptors (Lipinski definition) is 11. The van der Waals surface area contributed by atoms with E-state index in [0.29, 0.717) is 37.2 Å². The Bertz CT molecular complexity index is 2040. The van der Waals surface area contributed by atoms with Crippen molar-refractivity contribution in [3.05, 3.63) is 58.3 Å². The second kappa shape index (κ2) is 11.2. The highest BCUT2D eigenvalue weighted by Crippen LogP contribution is 2.47. The second-order valence-corrected chi connectivity index (χ2v) is 13.0. The van der Waals surface area contributed by atoms with Crippen LogP contribution in [0.1, 0.15) is 31.0 Å². The summed E-state index contributed by atoms with van der Waals surface area (Å²) in [7, 11) is 3.95. The molecule has 6 rings (SSSR count). The number of nitrogen functional groups attached to an aromatic ring is 2. The molecule has 3 aromatic heterocycles. The number of halogens is 4. The van der Waals surface area contributed by atoms with Gasteiger partial charge in [0.25, 0.3) is 0 Å². The molecule has 5 aromatic rings. The van der Waals surface area contributed by atoms with Crippen molar-refractivity contribution >= 4 is 66.5 Å². The smallest absolute Gasteiger partial charge is 0.228 e. The molecule has 0 saturated carbocycles. The zero-order chi connectivity index (χ0) is 32.4. The Morgan fingerprint density at radius 3 is 2.51 bits per heavy atom. The molecule has 0 bridgehead atoms. The van der Waals surface area contributed by atoms with E-state index in [2.05, 4.69) is 32.1 Å². The summed E-state index contributed by atoms with van der Waals surface area (Å²) >= 11 is 7.45. The van der Waals surface area contributed by atoms with E-state index in [0.717, 1.165) is 11.3 Å². The summed E-state index contributed by atoms with van der Waals surface area (Å²) in [4.78, 5) is 21.8. The molecular formula is C30H28ClF3N10S. The van der Waals surface area contributed by atoms with Crippen molar-refractivity contribution in [2.75, 3.05) is 55.4 Å². The van der Waals surface area contributed by atoms with Crippen molar-refractivity contribution in [2.45, 2.75) is 25.3 Å². The van der Waals surface area contributed by atoms with Crippen LogP contribution >= 0.6 is 22.9 Å². The van der Waals surface area contributed by atoms with Crippen molar-refractivity contribution in [3.63, 3.8) is 0 Å². The molecule has 45 heavy (non-hydrogen) atoms. The van der Waals surface area contributed by atoms with E-state index >= 15 is 8.78 Å². The van der Waals surface area contributed by atoms with Crippen LogP contribution < -0.4 is 21.7 Å². The molecule has 1 saturated heterocycles. The van der Waals surface area contributed by atoms with Gasteiger partial charge in [-0.3, -0.25) is 4.98 Å². The topological polar surface area (TPSA) is 146 Å². The highest BCUT2D eigenvalue weighted by Gasteiger charge is 2.42. The highest BCUT2D eigenvalue weighted by atomic mass is 35.5. The van der Waals surface area contributed by atoms with Crippen LogP contribution in [0.3, 0.4) is 0 Å². The Kier molecular flexibility index (Phi) is 7.59. The van der Waals surface area contributed by atoms with Gasteiger partial charge in [0.05, 0.1) is 26.5 Å². The molecule has 1 fully saturated rings. The number of hydrogen-bond donors (Lipinski definition) is 3. The Hall–Kier alpha value is -4.45. The summed E-state index contributed by atoms with van der Waals surface area (Å²) in [5, 5.41) is 12.9. The minimum absolute atomic E-state index is 0.0220. The van der Waals surface area contributed by atoms with E-state index < -0.39 is 17.5 Å². The predicted octanol–water partition coefficient (Wildman–Crippen LogP) is 5.76. The van der Waals surface area contributed by atoms with E-state index in [1.54, 1.807) is 6.20 Å². The number of rotatable bonds is 7. The molecule has 0 aliphatic carbocycles. The second-order valence-electron chi connectivity index (χ2n) is 11.5. The van der Waals surface area contributed by atoms with Gasteiger partial charge in [-0.25, -0.2) is 23.1 Å². The van der Waals surface area contributed by atoms with Gasteiger partial charge in [-0.1, -0.05) is 18.5 Å². The van der Waals surface area contributed by atoms with Crippen molar-refractivity contribution in [3.8, 4) is 17.2 Å². The Balaban J connectivity index is 1.53. The lowest BCUT2D eigenvalue weighted by molar-refractivity contribution is 0.132. The van der Waals surface area contributed by atoms with Gasteiger partial charge in [0.15, 0.2) is 5.82 Å². The van der Waals surface area contributed by atoms with Crippen LogP contribution in [0.2, 0.25) is 5.02 Å². The minimum atomic E-state index is -1.10. The lowest BCUT2D eigenvalue weighted by Gasteiger charge is -2.51. The molecule has 2 aromatic carbocycles. The van der Waals surface area contributed by atoms with E-state index in [1.807, 2.05) is 32.0 Å². The molecule has 1 atom stereocenters. The molecule has 1 aliphatic rings. The van der Waals surface area contributed by atoms with Gasteiger partial charge in [0.2, 0.25) is 5.95 Å². The summed E-state index contributed by atoms with van der Waals surface area (Å²) in [6.45, 7) is 5.46. The summed E-state index contributed by atoms with van der Waals surface area (Å²) in [6, 6.07) is 3.95. The normalized spacial score (nSPS) is 15.0. The van der Waals surface area contributed by atoms with Crippen LogP contribution in [0.25, 0.3) is 32.1 Å². The van der Waals surface area contributed by atoms with Gasteiger partial charge in [0, 0.05) is 65.9 Å². The average molecular weight is 653 g/mol.